The highest BCUT2D eigenvalue weighted by molar-refractivity contribution is 7.18. The van der Waals surface area contributed by atoms with Crippen LogP contribution in [0.25, 0.3) is 10.2 Å². The quantitative estimate of drug-likeness (QED) is 0.728. The first-order chi connectivity index (χ1) is 11.1. The maximum atomic E-state index is 11.9. The molecule has 2 heterocycles. The lowest BCUT2D eigenvalue weighted by atomic mass is 10.3. The van der Waals surface area contributed by atoms with Gasteiger partial charge in [0.25, 0.3) is 5.91 Å². The fraction of sp³-hybridized carbons (Fsp3) is 0.188. The number of nitrogens with zero attached hydrogens (tertiary/aromatic N) is 1. The first-order valence-electron chi connectivity index (χ1n) is 6.99. The lowest BCUT2D eigenvalue weighted by Gasteiger charge is -2.11. The number of para-hydroxylation sites is 1. The summed E-state index contributed by atoms with van der Waals surface area (Å²) in [4.78, 5) is 28.1. The Morgan fingerprint density at radius 3 is 2.87 bits per heavy atom. The molecule has 0 unspecified atom stereocenters. The minimum atomic E-state index is -0.776. The molecule has 1 N–H and O–H groups in total. The zero-order valence-electron chi connectivity index (χ0n) is 12.3. The molecule has 0 aliphatic rings. The van der Waals surface area contributed by atoms with Gasteiger partial charge in [0.15, 0.2) is 5.76 Å². The Hall–Kier alpha value is -2.67. The van der Waals surface area contributed by atoms with E-state index in [1.807, 2.05) is 24.3 Å². The van der Waals surface area contributed by atoms with Crippen LogP contribution >= 0.6 is 11.3 Å². The Morgan fingerprint density at radius 1 is 1.30 bits per heavy atom. The molecule has 0 aliphatic carbocycles. The number of carbonyl (C=O) groups is 2. The predicted molar refractivity (Wildman–Crippen MR) is 85.1 cm³/mol. The second-order valence-corrected chi connectivity index (χ2v) is 5.97. The molecule has 118 valence electrons. The first-order valence-corrected chi connectivity index (χ1v) is 7.80. The summed E-state index contributed by atoms with van der Waals surface area (Å²) in [5, 5.41) is 3.23. The van der Waals surface area contributed by atoms with Crippen LogP contribution in [0, 0.1) is 0 Å². The fourth-order valence-electron chi connectivity index (χ4n) is 1.97. The van der Waals surface area contributed by atoms with Crippen molar-refractivity contribution >= 4 is 33.4 Å². The predicted octanol–water partition coefficient (Wildman–Crippen LogP) is 2.75. The summed E-state index contributed by atoms with van der Waals surface area (Å²) < 4.78 is 11.2. The van der Waals surface area contributed by atoms with Gasteiger partial charge in [0.05, 0.1) is 16.5 Å². The molecule has 0 aliphatic heterocycles. The summed E-state index contributed by atoms with van der Waals surface area (Å²) in [6, 6.07) is 10.1. The van der Waals surface area contributed by atoms with Crippen molar-refractivity contribution in [1.82, 2.24) is 10.3 Å². The number of aromatic nitrogens is 1. The summed E-state index contributed by atoms with van der Waals surface area (Å²) in [6.07, 6.45) is 1.39. The number of amides is 1. The van der Waals surface area contributed by atoms with Gasteiger partial charge in [0.2, 0.25) is 0 Å². The number of carbonyl (C=O) groups excluding carboxylic acids is 2. The normalized spacial score (nSPS) is 12.0. The third-order valence-corrected chi connectivity index (χ3v) is 4.13. The largest absolute Gasteiger partial charge is 0.459 e. The van der Waals surface area contributed by atoms with E-state index in [2.05, 4.69) is 10.3 Å². The number of hydrogen-bond donors (Lipinski definition) is 1. The van der Waals surface area contributed by atoms with Crippen molar-refractivity contribution in [3.8, 4) is 0 Å². The van der Waals surface area contributed by atoms with E-state index in [0.717, 1.165) is 10.2 Å². The summed E-state index contributed by atoms with van der Waals surface area (Å²) in [5.74, 6) is -0.834. The summed E-state index contributed by atoms with van der Waals surface area (Å²) in [7, 11) is 0. The lowest BCUT2D eigenvalue weighted by molar-refractivity contribution is -0.146. The molecule has 7 heteroatoms. The average Bonchev–Trinajstić information content (AvgIpc) is 3.21. The van der Waals surface area contributed by atoms with E-state index in [4.69, 9.17) is 9.15 Å². The molecule has 2 aromatic heterocycles. The highest BCUT2D eigenvalue weighted by atomic mass is 32.1. The average molecular weight is 330 g/mol. The Bertz CT molecular complexity index is 793. The van der Waals surface area contributed by atoms with Crippen LogP contribution in [-0.4, -0.2) is 22.9 Å². The molecule has 3 rings (SSSR count). The van der Waals surface area contributed by atoms with Gasteiger partial charge in [-0.15, -0.1) is 11.3 Å². The van der Waals surface area contributed by atoms with Crippen LogP contribution < -0.4 is 5.32 Å². The maximum Gasteiger partial charge on any atom is 0.328 e. The molecule has 0 bridgehead atoms. The Labute approximate surface area is 136 Å². The molecule has 0 saturated carbocycles. The van der Waals surface area contributed by atoms with Crippen LogP contribution in [0.3, 0.4) is 0 Å². The molecule has 3 aromatic rings. The number of furan rings is 1. The van der Waals surface area contributed by atoms with Crippen molar-refractivity contribution in [3.05, 3.63) is 53.4 Å². The topological polar surface area (TPSA) is 81.4 Å². The SMILES string of the molecule is C[C@H](NC(=O)c1ccco1)C(=O)OCc1nc2ccccc2s1. The van der Waals surface area contributed by atoms with Crippen LogP contribution in [0.15, 0.2) is 47.1 Å². The van der Waals surface area contributed by atoms with E-state index < -0.39 is 17.9 Å². The maximum absolute atomic E-state index is 11.9. The van der Waals surface area contributed by atoms with Crippen LogP contribution in [-0.2, 0) is 16.1 Å². The molecule has 1 atom stereocenters. The second kappa shape index (κ2) is 6.62. The van der Waals surface area contributed by atoms with Gasteiger partial charge >= 0.3 is 5.97 Å². The third-order valence-electron chi connectivity index (χ3n) is 3.12. The van der Waals surface area contributed by atoms with Gasteiger partial charge in [-0.05, 0) is 31.2 Å². The Morgan fingerprint density at radius 2 is 2.13 bits per heavy atom. The number of ether oxygens (including phenoxy) is 1. The van der Waals surface area contributed by atoms with Gasteiger partial charge in [0.1, 0.15) is 17.7 Å². The second-order valence-electron chi connectivity index (χ2n) is 4.86. The number of fused-ring (bicyclic) bond motifs is 1. The molecule has 0 radical (unpaired) electrons. The number of hydrogen-bond acceptors (Lipinski definition) is 6. The Kier molecular flexibility index (Phi) is 4.38. The molecular weight excluding hydrogens is 316 g/mol. The van der Waals surface area contributed by atoms with Crippen LogP contribution in [0.2, 0.25) is 0 Å². The number of benzene rings is 1. The summed E-state index contributed by atoms with van der Waals surface area (Å²) >= 11 is 1.47. The van der Waals surface area contributed by atoms with E-state index in [9.17, 15) is 9.59 Å². The van der Waals surface area contributed by atoms with Gasteiger partial charge in [-0.1, -0.05) is 12.1 Å². The van der Waals surface area contributed by atoms with Crippen LogP contribution in [0.4, 0.5) is 0 Å². The molecule has 0 fully saturated rings. The van der Waals surface area contributed by atoms with Crippen molar-refractivity contribution in [3.63, 3.8) is 0 Å². The highest BCUT2D eigenvalue weighted by Gasteiger charge is 2.19. The van der Waals surface area contributed by atoms with Gasteiger partial charge < -0.3 is 14.5 Å². The smallest absolute Gasteiger partial charge is 0.328 e. The van der Waals surface area contributed by atoms with E-state index in [1.165, 1.54) is 23.7 Å². The minimum absolute atomic E-state index is 0.0825. The third kappa shape index (κ3) is 3.57. The molecule has 0 spiro atoms. The number of esters is 1. The molecule has 1 amide bonds. The van der Waals surface area contributed by atoms with E-state index >= 15 is 0 Å². The van der Waals surface area contributed by atoms with Gasteiger partial charge in [0, 0.05) is 0 Å². The van der Waals surface area contributed by atoms with Crippen molar-refractivity contribution in [1.29, 1.82) is 0 Å². The zero-order chi connectivity index (χ0) is 16.2. The Balaban J connectivity index is 1.55. The number of nitrogens with one attached hydrogen (secondary N) is 1. The summed E-state index contributed by atoms with van der Waals surface area (Å²) in [6.45, 7) is 1.64. The molecule has 0 saturated heterocycles. The van der Waals surface area contributed by atoms with Crippen LogP contribution in [0.5, 0.6) is 0 Å². The monoisotopic (exact) mass is 330 g/mol. The minimum Gasteiger partial charge on any atom is -0.459 e. The van der Waals surface area contributed by atoms with E-state index in [1.54, 1.807) is 13.0 Å². The van der Waals surface area contributed by atoms with E-state index in [-0.39, 0.29) is 12.4 Å². The standard InChI is InChI=1S/C16H14N2O4S/c1-10(17-15(19)12-6-4-8-21-12)16(20)22-9-14-18-11-5-2-3-7-13(11)23-14/h2-8,10H,9H2,1H3,(H,17,19)/t10-/m0/s1. The lowest BCUT2D eigenvalue weighted by Crippen LogP contribution is -2.39. The highest BCUT2D eigenvalue weighted by Crippen LogP contribution is 2.22. The van der Waals surface area contributed by atoms with Gasteiger partial charge in [-0.2, -0.15) is 0 Å². The van der Waals surface area contributed by atoms with Crippen LogP contribution in [0.1, 0.15) is 22.5 Å². The van der Waals surface area contributed by atoms with Gasteiger partial charge in [-0.3, -0.25) is 4.79 Å². The zero-order valence-corrected chi connectivity index (χ0v) is 13.1. The van der Waals surface area contributed by atoms with Gasteiger partial charge in [-0.25, -0.2) is 9.78 Å². The molecule has 23 heavy (non-hydrogen) atoms. The van der Waals surface area contributed by atoms with Crippen molar-refractivity contribution in [2.24, 2.45) is 0 Å². The van der Waals surface area contributed by atoms with Crippen molar-refractivity contribution < 1.29 is 18.7 Å². The molecule has 6 nitrogen and oxygen atoms in total. The summed E-state index contributed by atoms with van der Waals surface area (Å²) in [5.41, 5.74) is 0.878. The van der Waals surface area contributed by atoms with Crippen molar-refractivity contribution in [2.45, 2.75) is 19.6 Å². The first kappa shape index (κ1) is 15.2. The molecular formula is C16H14N2O4S. The van der Waals surface area contributed by atoms with E-state index in [0.29, 0.717) is 5.01 Å². The molecule has 1 aromatic carbocycles. The number of thiazole rings is 1. The fourth-order valence-corrected chi connectivity index (χ4v) is 2.85. The van der Waals surface area contributed by atoms with Crippen molar-refractivity contribution in [2.75, 3.05) is 0 Å². The number of rotatable bonds is 5.